The van der Waals surface area contributed by atoms with E-state index in [9.17, 15) is 9.90 Å². The number of benzene rings is 2. The molecule has 0 radical (unpaired) electrons. The van der Waals surface area contributed by atoms with Crippen LogP contribution >= 0.6 is 0 Å². The number of hydrogen-bond acceptors (Lipinski definition) is 3. The van der Waals surface area contributed by atoms with Crippen LogP contribution in [-0.2, 0) is 12.8 Å². The Morgan fingerprint density at radius 2 is 1.90 bits per heavy atom. The molecule has 0 amide bonds. The molecule has 3 rings (SSSR count). The van der Waals surface area contributed by atoms with Gasteiger partial charge < -0.3 is 10.2 Å². The van der Waals surface area contributed by atoms with Gasteiger partial charge in [0.2, 0.25) is 0 Å². The Morgan fingerprint density at radius 1 is 1.10 bits per heavy atom. The predicted octanol–water partition coefficient (Wildman–Crippen LogP) is 3.33. The van der Waals surface area contributed by atoms with Crippen molar-refractivity contribution in [3.8, 4) is 5.75 Å². The van der Waals surface area contributed by atoms with Crippen molar-refractivity contribution in [3.63, 3.8) is 0 Å². The molecule has 0 bridgehead atoms. The Hall–Kier alpha value is -2.62. The van der Waals surface area contributed by atoms with E-state index in [4.69, 9.17) is 5.11 Å². The van der Waals surface area contributed by atoms with Crippen LogP contribution in [0.15, 0.2) is 41.4 Å². The molecule has 21 heavy (non-hydrogen) atoms. The van der Waals surface area contributed by atoms with E-state index in [1.165, 1.54) is 29.7 Å². The minimum absolute atomic E-state index is 0.140. The van der Waals surface area contributed by atoms with Crippen LogP contribution in [0.4, 0.5) is 5.69 Å². The SMILES string of the molecule is O=C(O)c1cc(N=Cc2ccc3c(c2)CCC3)ccc1O. The van der Waals surface area contributed by atoms with Gasteiger partial charge >= 0.3 is 5.97 Å². The van der Waals surface area contributed by atoms with Crippen molar-refractivity contribution < 1.29 is 15.0 Å². The quantitative estimate of drug-likeness (QED) is 0.848. The van der Waals surface area contributed by atoms with Crippen molar-refractivity contribution in [1.82, 2.24) is 0 Å². The highest BCUT2D eigenvalue weighted by molar-refractivity contribution is 5.92. The van der Waals surface area contributed by atoms with Gasteiger partial charge in [-0.2, -0.15) is 0 Å². The van der Waals surface area contributed by atoms with E-state index in [2.05, 4.69) is 17.1 Å². The maximum Gasteiger partial charge on any atom is 0.339 e. The first-order valence-electron chi connectivity index (χ1n) is 6.85. The standard InChI is InChI=1S/C17H15NO3/c19-16-7-6-14(9-15(16)17(20)21)18-10-11-4-5-12-2-1-3-13(12)8-11/h4-10,19H,1-3H2,(H,20,21). The number of carbonyl (C=O) groups is 1. The number of carboxylic acid groups (broad SMARTS) is 1. The van der Waals surface area contributed by atoms with Gasteiger partial charge in [-0.15, -0.1) is 0 Å². The molecule has 106 valence electrons. The lowest BCUT2D eigenvalue weighted by Gasteiger charge is -2.02. The highest BCUT2D eigenvalue weighted by atomic mass is 16.4. The molecule has 0 fully saturated rings. The number of hydrogen-bond donors (Lipinski definition) is 2. The molecule has 0 heterocycles. The molecule has 0 atom stereocenters. The first-order chi connectivity index (χ1) is 10.1. The van der Waals surface area contributed by atoms with E-state index in [0.29, 0.717) is 5.69 Å². The number of nitrogens with zero attached hydrogens (tertiary/aromatic N) is 1. The van der Waals surface area contributed by atoms with Gasteiger partial charge in [-0.1, -0.05) is 12.1 Å². The van der Waals surface area contributed by atoms with E-state index >= 15 is 0 Å². The lowest BCUT2D eigenvalue weighted by Crippen LogP contribution is -1.95. The zero-order chi connectivity index (χ0) is 14.8. The smallest absolute Gasteiger partial charge is 0.339 e. The second-order valence-corrected chi connectivity index (χ2v) is 5.15. The van der Waals surface area contributed by atoms with Gasteiger partial charge in [0.1, 0.15) is 11.3 Å². The van der Waals surface area contributed by atoms with Crippen LogP contribution in [0.5, 0.6) is 5.75 Å². The molecule has 4 heteroatoms. The summed E-state index contributed by atoms with van der Waals surface area (Å²) in [6, 6.07) is 10.6. The molecule has 0 saturated carbocycles. The van der Waals surface area contributed by atoms with Gasteiger partial charge in [-0.25, -0.2) is 4.79 Å². The summed E-state index contributed by atoms with van der Waals surface area (Å²) in [5.41, 5.74) is 4.14. The van der Waals surface area contributed by atoms with E-state index in [-0.39, 0.29) is 11.3 Å². The molecule has 0 aliphatic heterocycles. The highest BCUT2D eigenvalue weighted by Crippen LogP contribution is 2.24. The maximum atomic E-state index is 11.0. The van der Waals surface area contributed by atoms with Crippen LogP contribution in [0.2, 0.25) is 0 Å². The van der Waals surface area contributed by atoms with Crippen LogP contribution in [-0.4, -0.2) is 22.4 Å². The number of aromatic hydroxyl groups is 1. The lowest BCUT2D eigenvalue weighted by atomic mass is 10.1. The number of phenols is 1. The van der Waals surface area contributed by atoms with E-state index in [1.807, 2.05) is 6.07 Å². The molecule has 2 aromatic carbocycles. The third-order valence-electron chi connectivity index (χ3n) is 3.70. The molecule has 2 aromatic rings. The molecule has 0 unspecified atom stereocenters. The molecular formula is C17H15NO3. The third-order valence-corrected chi connectivity index (χ3v) is 3.70. The summed E-state index contributed by atoms with van der Waals surface area (Å²) >= 11 is 0. The first kappa shape index (κ1) is 13.4. The topological polar surface area (TPSA) is 69.9 Å². The highest BCUT2D eigenvalue weighted by Gasteiger charge is 2.11. The Morgan fingerprint density at radius 3 is 2.71 bits per heavy atom. The summed E-state index contributed by atoms with van der Waals surface area (Å²) in [5, 5.41) is 18.4. The molecule has 1 aliphatic carbocycles. The fourth-order valence-corrected chi connectivity index (χ4v) is 2.60. The number of carboxylic acids is 1. The van der Waals surface area contributed by atoms with Crippen molar-refractivity contribution in [2.24, 2.45) is 4.99 Å². The van der Waals surface area contributed by atoms with Gasteiger partial charge in [-0.3, -0.25) is 4.99 Å². The molecule has 2 N–H and O–H groups in total. The number of rotatable bonds is 3. The Bertz CT molecular complexity index is 735. The largest absolute Gasteiger partial charge is 0.507 e. The van der Waals surface area contributed by atoms with Crippen molar-refractivity contribution in [1.29, 1.82) is 0 Å². The summed E-state index contributed by atoms with van der Waals surface area (Å²) in [6.07, 6.45) is 5.18. The van der Waals surface area contributed by atoms with Crippen molar-refractivity contribution in [2.75, 3.05) is 0 Å². The van der Waals surface area contributed by atoms with Gasteiger partial charge in [0.25, 0.3) is 0 Å². The maximum absolute atomic E-state index is 11.0. The van der Waals surface area contributed by atoms with Gasteiger partial charge in [0, 0.05) is 6.21 Å². The zero-order valence-electron chi connectivity index (χ0n) is 11.4. The molecule has 1 aliphatic rings. The van der Waals surface area contributed by atoms with Crippen LogP contribution in [0.1, 0.15) is 33.5 Å². The Labute approximate surface area is 122 Å². The molecule has 0 aromatic heterocycles. The van der Waals surface area contributed by atoms with E-state index < -0.39 is 5.97 Å². The Kier molecular flexibility index (Phi) is 3.44. The minimum atomic E-state index is -1.16. The van der Waals surface area contributed by atoms with Crippen molar-refractivity contribution in [3.05, 3.63) is 58.7 Å². The molecule has 0 saturated heterocycles. The zero-order valence-corrected chi connectivity index (χ0v) is 11.4. The average Bonchev–Trinajstić information content (AvgIpc) is 2.93. The Balaban J connectivity index is 1.86. The van der Waals surface area contributed by atoms with Gasteiger partial charge in [0.15, 0.2) is 0 Å². The van der Waals surface area contributed by atoms with Crippen LogP contribution < -0.4 is 0 Å². The fraction of sp³-hybridized carbons (Fsp3) is 0.176. The second kappa shape index (κ2) is 5.40. The summed E-state index contributed by atoms with van der Waals surface area (Å²) < 4.78 is 0. The molecule has 4 nitrogen and oxygen atoms in total. The fourth-order valence-electron chi connectivity index (χ4n) is 2.60. The minimum Gasteiger partial charge on any atom is -0.507 e. The summed E-state index contributed by atoms with van der Waals surface area (Å²) in [5.74, 6) is -1.42. The van der Waals surface area contributed by atoms with Gasteiger partial charge in [-0.05, 0) is 60.2 Å². The van der Waals surface area contributed by atoms with Crippen molar-refractivity contribution in [2.45, 2.75) is 19.3 Å². The third kappa shape index (κ3) is 2.79. The number of aromatic carboxylic acids is 1. The van der Waals surface area contributed by atoms with E-state index in [0.717, 1.165) is 18.4 Å². The number of aliphatic imine (C=N–C) groups is 1. The molecular weight excluding hydrogens is 266 g/mol. The molecule has 0 spiro atoms. The average molecular weight is 281 g/mol. The first-order valence-corrected chi connectivity index (χ1v) is 6.85. The lowest BCUT2D eigenvalue weighted by molar-refractivity contribution is 0.0694. The number of aryl methyl sites for hydroxylation is 2. The van der Waals surface area contributed by atoms with Crippen molar-refractivity contribution >= 4 is 17.9 Å². The van der Waals surface area contributed by atoms with Crippen LogP contribution in [0.25, 0.3) is 0 Å². The number of fused-ring (bicyclic) bond motifs is 1. The van der Waals surface area contributed by atoms with Crippen LogP contribution in [0.3, 0.4) is 0 Å². The summed E-state index contributed by atoms with van der Waals surface area (Å²) in [7, 11) is 0. The van der Waals surface area contributed by atoms with E-state index in [1.54, 1.807) is 12.3 Å². The summed E-state index contributed by atoms with van der Waals surface area (Å²) in [4.78, 5) is 15.3. The second-order valence-electron chi connectivity index (χ2n) is 5.15. The predicted molar refractivity (Wildman–Crippen MR) is 80.8 cm³/mol. The summed E-state index contributed by atoms with van der Waals surface area (Å²) in [6.45, 7) is 0. The van der Waals surface area contributed by atoms with Crippen LogP contribution in [0, 0.1) is 0 Å². The van der Waals surface area contributed by atoms with Gasteiger partial charge in [0.05, 0.1) is 5.69 Å². The normalized spacial score (nSPS) is 13.5. The monoisotopic (exact) mass is 281 g/mol.